The van der Waals surface area contributed by atoms with Gasteiger partial charge in [0.05, 0.1) is 17.7 Å². The van der Waals surface area contributed by atoms with Crippen LogP contribution in [0, 0.1) is 0 Å². The molecule has 27 heavy (non-hydrogen) atoms. The summed E-state index contributed by atoms with van der Waals surface area (Å²) in [5.41, 5.74) is 0.728. The predicted molar refractivity (Wildman–Crippen MR) is 93.7 cm³/mol. The summed E-state index contributed by atoms with van der Waals surface area (Å²) in [5.74, 6) is -0.330. The van der Waals surface area contributed by atoms with Gasteiger partial charge < -0.3 is 14.2 Å². The van der Waals surface area contributed by atoms with Crippen molar-refractivity contribution in [2.24, 2.45) is 0 Å². The van der Waals surface area contributed by atoms with E-state index in [1.54, 1.807) is 49.4 Å². The average Bonchev–Trinajstić information content (AvgIpc) is 2.92. The molecule has 0 unspecified atom stereocenters. The van der Waals surface area contributed by atoms with E-state index in [4.69, 9.17) is 14.2 Å². The van der Waals surface area contributed by atoms with E-state index in [0.29, 0.717) is 22.6 Å². The summed E-state index contributed by atoms with van der Waals surface area (Å²) in [6.07, 6.45) is -1.44. The maximum atomic E-state index is 12.4. The van der Waals surface area contributed by atoms with Crippen molar-refractivity contribution >= 4 is 17.8 Å². The Hall–Kier alpha value is -3.35. The first-order valence-electron chi connectivity index (χ1n) is 8.60. The van der Waals surface area contributed by atoms with Gasteiger partial charge in [-0.05, 0) is 31.2 Å². The Labute approximate surface area is 155 Å². The van der Waals surface area contributed by atoms with Crippen molar-refractivity contribution in [3.8, 4) is 11.5 Å². The van der Waals surface area contributed by atoms with Crippen LogP contribution in [0.4, 0.5) is 0 Å². The molecule has 0 fully saturated rings. The molecule has 138 valence electrons. The highest BCUT2D eigenvalue weighted by Crippen LogP contribution is 2.33. The molecule has 0 bridgehead atoms. The Bertz CT molecular complexity index is 889. The summed E-state index contributed by atoms with van der Waals surface area (Å²) in [5, 5.41) is 0. The van der Waals surface area contributed by atoms with Gasteiger partial charge in [0.2, 0.25) is 6.10 Å². The minimum atomic E-state index is -0.915. The average molecular weight is 367 g/mol. The third-order valence-electron chi connectivity index (χ3n) is 4.51. The molecule has 2 heterocycles. The maximum absolute atomic E-state index is 12.4. The van der Waals surface area contributed by atoms with Gasteiger partial charge in [-0.1, -0.05) is 24.3 Å². The van der Waals surface area contributed by atoms with Gasteiger partial charge in [-0.25, -0.2) is 4.79 Å². The van der Waals surface area contributed by atoms with Crippen LogP contribution in [0.3, 0.4) is 0 Å². The number of fused-ring (bicyclic) bond motifs is 2. The van der Waals surface area contributed by atoms with Gasteiger partial charge in [0.25, 0.3) is 11.8 Å². The molecule has 0 radical (unpaired) electrons. The lowest BCUT2D eigenvalue weighted by atomic mass is 10.1. The Morgan fingerprint density at radius 3 is 2.15 bits per heavy atom. The first-order valence-corrected chi connectivity index (χ1v) is 8.60. The molecule has 2 aromatic rings. The van der Waals surface area contributed by atoms with Crippen molar-refractivity contribution < 1.29 is 28.6 Å². The van der Waals surface area contributed by atoms with Gasteiger partial charge in [0.1, 0.15) is 12.7 Å². The SMILES string of the molecule is C[C@H]1Oc2ccccc2O[C@@H]1C(=O)OCCN1C(=O)c2ccccc2C1=O. The van der Waals surface area contributed by atoms with E-state index >= 15 is 0 Å². The summed E-state index contributed by atoms with van der Waals surface area (Å²) in [6, 6.07) is 13.7. The molecule has 7 nitrogen and oxygen atoms in total. The fourth-order valence-electron chi connectivity index (χ4n) is 3.14. The molecular formula is C20H17NO6. The van der Waals surface area contributed by atoms with Crippen LogP contribution in [-0.4, -0.2) is 48.0 Å². The fraction of sp³-hybridized carbons (Fsp3) is 0.250. The Kier molecular flexibility index (Phi) is 4.27. The van der Waals surface area contributed by atoms with Crippen LogP contribution in [-0.2, 0) is 9.53 Å². The second-order valence-corrected chi connectivity index (χ2v) is 6.28. The minimum absolute atomic E-state index is 0.0172. The lowest BCUT2D eigenvalue weighted by molar-refractivity contribution is -0.157. The van der Waals surface area contributed by atoms with Crippen molar-refractivity contribution in [2.45, 2.75) is 19.1 Å². The summed E-state index contributed by atoms with van der Waals surface area (Å²) in [4.78, 5) is 38.0. The molecule has 2 aliphatic rings. The minimum Gasteiger partial charge on any atom is -0.482 e. The maximum Gasteiger partial charge on any atom is 0.351 e. The van der Waals surface area contributed by atoms with Crippen molar-refractivity contribution in [1.29, 1.82) is 0 Å². The number of carbonyl (C=O) groups is 3. The highest BCUT2D eigenvalue weighted by molar-refractivity contribution is 6.21. The fourth-order valence-corrected chi connectivity index (χ4v) is 3.14. The van der Waals surface area contributed by atoms with Gasteiger partial charge in [0.15, 0.2) is 11.5 Å². The zero-order chi connectivity index (χ0) is 19.0. The van der Waals surface area contributed by atoms with Crippen LogP contribution in [0.1, 0.15) is 27.6 Å². The number of nitrogens with zero attached hydrogens (tertiary/aromatic N) is 1. The summed E-state index contributed by atoms with van der Waals surface area (Å²) < 4.78 is 16.6. The van der Waals surface area contributed by atoms with Crippen LogP contribution in [0.2, 0.25) is 0 Å². The molecule has 0 spiro atoms. The Morgan fingerprint density at radius 2 is 1.52 bits per heavy atom. The predicted octanol–water partition coefficient (Wildman–Crippen LogP) is 2.05. The molecule has 2 aromatic carbocycles. The molecular weight excluding hydrogens is 350 g/mol. The Balaban J connectivity index is 1.36. The number of benzene rings is 2. The zero-order valence-corrected chi connectivity index (χ0v) is 14.6. The van der Waals surface area contributed by atoms with Crippen LogP contribution in [0.15, 0.2) is 48.5 Å². The van der Waals surface area contributed by atoms with E-state index in [1.807, 2.05) is 6.07 Å². The van der Waals surface area contributed by atoms with E-state index in [-0.39, 0.29) is 25.0 Å². The second-order valence-electron chi connectivity index (χ2n) is 6.28. The molecule has 2 aliphatic heterocycles. The molecule has 0 aromatic heterocycles. The second kappa shape index (κ2) is 6.75. The molecule has 0 saturated carbocycles. The topological polar surface area (TPSA) is 82.1 Å². The first kappa shape index (κ1) is 17.1. The molecule has 7 heteroatoms. The quantitative estimate of drug-likeness (QED) is 0.608. The van der Waals surface area contributed by atoms with Crippen LogP contribution < -0.4 is 9.47 Å². The Morgan fingerprint density at radius 1 is 0.963 bits per heavy atom. The van der Waals surface area contributed by atoms with E-state index in [0.717, 1.165) is 4.90 Å². The van der Waals surface area contributed by atoms with E-state index in [2.05, 4.69) is 0 Å². The largest absolute Gasteiger partial charge is 0.482 e. The highest BCUT2D eigenvalue weighted by atomic mass is 16.6. The molecule has 2 amide bonds. The third-order valence-corrected chi connectivity index (χ3v) is 4.51. The van der Waals surface area contributed by atoms with Crippen molar-refractivity contribution in [3.63, 3.8) is 0 Å². The lowest BCUT2D eigenvalue weighted by Gasteiger charge is -2.30. The van der Waals surface area contributed by atoms with E-state index in [9.17, 15) is 14.4 Å². The van der Waals surface area contributed by atoms with Crippen LogP contribution >= 0.6 is 0 Å². The summed E-state index contributed by atoms with van der Waals surface area (Å²) in [6.45, 7) is 1.58. The summed E-state index contributed by atoms with van der Waals surface area (Å²) >= 11 is 0. The van der Waals surface area contributed by atoms with Gasteiger partial charge in [-0.2, -0.15) is 0 Å². The normalized spacial score (nSPS) is 20.4. The number of para-hydroxylation sites is 2. The van der Waals surface area contributed by atoms with E-state index in [1.165, 1.54) is 0 Å². The zero-order valence-electron chi connectivity index (χ0n) is 14.6. The lowest BCUT2D eigenvalue weighted by Crippen LogP contribution is -2.45. The monoisotopic (exact) mass is 367 g/mol. The van der Waals surface area contributed by atoms with Gasteiger partial charge in [-0.15, -0.1) is 0 Å². The molecule has 0 aliphatic carbocycles. The number of hydrogen-bond acceptors (Lipinski definition) is 6. The number of carbonyl (C=O) groups excluding carboxylic acids is 3. The van der Waals surface area contributed by atoms with Crippen molar-refractivity contribution in [3.05, 3.63) is 59.7 Å². The van der Waals surface area contributed by atoms with Gasteiger partial charge >= 0.3 is 5.97 Å². The smallest absolute Gasteiger partial charge is 0.351 e. The summed E-state index contributed by atoms with van der Waals surface area (Å²) in [7, 11) is 0. The number of hydrogen-bond donors (Lipinski definition) is 0. The molecule has 2 atom stereocenters. The van der Waals surface area contributed by atoms with E-state index < -0.39 is 18.2 Å². The molecule has 0 saturated heterocycles. The molecule has 4 rings (SSSR count). The third kappa shape index (κ3) is 3.01. The molecule has 0 N–H and O–H groups in total. The first-order chi connectivity index (χ1) is 13.1. The van der Waals surface area contributed by atoms with Gasteiger partial charge in [-0.3, -0.25) is 14.5 Å². The number of ether oxygens (including phenoxy) is 3. The highest BCUT2D eigenvalue weighted by Gasteiger charge is 2.37. The standard InChI is InChI=1S/C20H17NO6/c1-12-17(27-16-9-5-4-8-15(16)26-12)20(24)25-11-10-21-18(22)13-6-2-3-7-14(13)19(21)23/h2-9,12,17H,10-11H2,1H3/t12-,17+/m1/s1. The number of esters is 1. The van der Waals surface area contributed by atoms with Crippen molar-refractivity contribution in [1.82, 2.24) is 4.90 Å². The number of imide groups is 1. The number of rotatable bonds is 4. The van der Waals surface area contributed by atoms with Crippen LogP contribution in [0.25, 0.3) is 0 Å². The van der Waals surface area contributed by atoms with Gasteiger partial charge in [0, 0.05) is 0 Å². The van der Waals surface area contributed by atoms with Crippen molar-refractivity contribution in [2.75, 3.05) is 13.2 Å². The number of amides is 2. The van der Waals surface area contributed by atoms with Crippen LogP contribution in [0.5, 0.6) is 11.5 Å².